The molecule has 0 aliphatic heterocycles. The van der Waals surface area contributed by atoms with Gasteiger partial charge in [0.1, 0.15) is 54.5 Å². The van der Waals surface area contributed by atoms with Gasteiger partial charge in [-0.25, -0.2) is 19.4 Å². The van der Waals surface area contributed by atoms with Crippen LogP contribution in [-0.2, 0) is 112 Å². The van der Waals surface area contributed by atoms with E-state index in [0.29, 0.717) is 50.6 Å². The van der Waals surface area contributed by atoms with Crippen molar-refractivity contribution in [1.29, 1.82) is 0 Å². The molecule has 0 aliphatic rings. The summed E-state index contributed by atoms with van der Waals surface area (Å²) in [6.07, 6.45) is 20.9. The number of aliphatic carboxylic acids is 7. The Balaban J connectivity index is 2.51. The van der Waals surface area contributed by atoms with Crippen molar-refractivity contribution in [1.82, 2.24) is 41.9 Å². The second-order valence-electron chi connectivity index (χ2n) is 33.0. The Labute approximate surface area is 738 Å². The third-order valence-corrected chi connectivity index (χ3v) is 21.5. The van der Waals surface area contributed by atoms with Crippen LogP contribution in [0, 0.1) is 23.2 Å². The highest BCUT2D eigenvalue weighted by molar-refractivity contribution is 5.93. The number of nitrogens with one attached hydrogen (secondary N) is 7. The Morgan fingerprint density at radius 1 is 0.365 bits per heavy atom. The molecule has 0 saturated heterocycles. The molecule has 0 aliphatic carbocycles. The van der Waals surface area contributed by atoms with Crippen LogP contribution in [0.3, 0.4) is 0 Å². The number of imidazole rings is 1. The summed E-state index contributed by atoms with van der Waals surface area (Å²) in [5.41, 5.74) is 5.65. The number of carboxylic acid groups (broad SMARTS) is 7. The molecule has 38 heteroatoms. The summed E-state index contributed by atoms with van der Waals surface area (Å²) in [6, 6.07) is -4.99. The number of aromatic amines is 1. The molecule has 7 atom stereocenters. The normalized spacial score (nSPS) is 13.0. The van der Waals surface area contributed by atoms with Crippen molar-refractivity contribution < 1.29 is 141 Å². The van der Waals surface area contributed by atoms with E-state index in [9.17, 15) is 112 Å². The maximum atomic E-state index is 13.9. The highest BCUT2D eigenvalue weighted by Gasteiger charge is 2.35. The van der Waals surface area contributed by atoms with Gasteiger partial charge in [0, 0.05) is 139 Å². The van der Waals surface area contributed by atoms with E-state index >= 15 is 0 Å². The first-order chi connectivity index (χ1) is 60.1. The lowest BCUT2D eigenvalue weighted by atomic mass is 9.78. The van der Waals surface area contributed by atoms with Crippen molar-refractivity contribution in [2.45, 2.75) is 333 Å². The minimum Gasteiger partial charge on any atom is -0.481 e. The smallest absolute Gasteiger partial charge is 0.326 e. The molecule has 0 bridgehead atoms. The minimum absolute atomic E-state index is 0.00235. The molecule has 0 fully saturated rings. The highest BCUT2D eigenvalue weighted by Crippen LogP contribution is 2.29. The number of hydrogen-bond acceptors (Lipinski definition) is 24. The van der Waals surface area contributed by atoms with Gasteiger partial charge in [-0.3, -0.25) is 71.9 Å². The molecule has 1 rings (SSSR count). The van der Waals surface area contributed by atoms with Gasteiger partial charge in [0.25, 0.3) is 0 Å². The van der Waals surface area contributed by atoms with Gasteiger partial charge in [-0.05, 0) is 96.3 Å². The molecule has 0 radical (unpaired) electrons. The van der Waals surface area contributed by atoms with E-state index in [1.807, 2.05) is 0 Å². The number of rotatable bonds is 87. The van der Waals surface area contributed by atoms with Crippen LogP contribution in [0.25, 0.3) is 0 Å². The lowest BCUT2D eigenvalue weighted by Crippen LogP contribution is -2.44. The monoisotopic (exact) mass is 1790 g/mol. The molecule has 38 nitrogen and oxygen atoms in total. The van der Waals surface area contributed by atoms with Crippen LogP contribution >= 0.6 is 0 Å². The third-order valence-electron chi connectivity index (χ3n) is 21.5. The summed E-state index contributed by atoms with van der Waals surface area (Å²) < 4.78 is 21.8. The third kappa shape index (κ3) is 62.6. The van der Waals surface area contributed by atoms with E-state index in [0.717, 1.165) is 103 Å². The summed E-state index contributed by atoms with van der Waals surface area (Å²) in [4.78, 5) is 230. The van der Waals surface area contributed by atoms with Crippen molar-refractivity contribution in [3.05, 3.63) is 18.2 Å². The number of H-pyrrole nitrogens is 1. The van der Waals surface area contributed by atoms with Crippen molar-refractivity contribution in [2.75, 3.05) is 72.5 Å². The van der Waals surface area contributed by atoms with Gasteiger partial charge in [-0.15, -0.1) is 0 Å². The molecule has 1 aromatic rings. The average molecular weight is 1790 g/mol. The van der Waals surface area contributed by atoms with Crippen LogP contribution in [0.4, 0.5) is 0 Å². The second kappa shape index (κ2) is 71.5. The lowest BCUT2D eigenvalue weighted by molar-refractivity contribution is -0.145. The number of nitrogens with two attached hydrogens (primary N) is 1. The first-order valence-electron chi connectivity index (χ1n) is 45.0. The van der Waals surface area contributed by atoms with E-state index in [1.54, 1.807) is 13.8 Å². The Morgan fingerprint density at radius 3 is 1.23 bits per heavy atom. The number of ether oxygens (including phenoxy) is 4. The first-order valence-corrected chi connectivity index (χ1v) is 45.0. The fourth-order valence-electron chi connectivity index (χ4n) is 13.8. The van der Waals surface area contributed by atoms with Gasteiger partial charge in [-0.1, -0.05) is 123 Å². The molecule has 0 spiro atoms. The van der Waals surface area contributed by atoms with Gasteiger partial charge in [0.2, 0.25) is 35.4 Å². The SMILES string of the molecule is CC(C)(CC(=O)[C@@H](N)Cc1cnc[nH]1)C(=O)CC[C@@H](CCCCNC(=O)COCCOCCNC(=O)CC[C@H](CC(=O)CC[C@H](NC(=O)CCCCCCCCCCCCC(=O)O)C(=O)O)C(=O)O)C(=O)N[C@@H](CCCCNC(=O)COCCOCCCC(=O)CC[C@H](NC(=O)CC[C@H](CC(=O)CCCCCCCCCCCCC(=O)O)C(=O)O)C(=O)O)C(=O)O. The average Bonchev–Trinajstić information content (AvgIpc) is 0.994. The molecule has 1 aromatic heterocycles. The molecule has 0 aromatic carbocycles. The van der Waals surface area contributed by atoms with Crippen LogP contribution in [0.2, 0.25) is 0 Å². The molecule has 716 valence electrons. The quantitative estimate of drug-likeness (QED) is 0.0274. The fourth-order valence-corrected chi connectivity index (χ4v) is 13.8. The fraction of sp³-hybridized carbons (Fsp3) is 0.761. The van der Waals surface area contributed by atoms with Crippen LogP contribution in [-0.4, -0.2) is 249 Å². The maximum absolute atomic E-state index is 13.9. The van der Waals surface area contributed by atoms with Crippen molar-refractivity contribution in [3.8, 4) is 0 Å². The zero-order chi connectivity index (χ0) is 93.7. The summed E-state index contributed by atoms with van der Waals surface area (Å²) in [7, 11) is 0. The van der Waals surface area contributed by atoms with E-state index in [2.05, 4.69) is 41.9 Å². The number of ketones is 5. The van der Waals surface area contributed by atoms with Gasteiger partial charge in [0.05, 0.1) is 57.2 Å². The zero-order valence-corrected chi connectivity index (χ0v) is 74.1. The number of carbonyl (C=O) groups is 18. The summed E-state index contributed by atoms with van der Waals surface area (Å²) in [5, 5.41) is 81.9. The van der Waals surface area contributed by atoms with E-state index in [4.69, 9.17) is 34.9 Å². The van der Waals surface area contributed by atoms with Crippen LogP contribution in [0.5, 0.6) is 0 Å². The topological polar surface area (TPSA) is 613 Å². The molecule has 126 heavy (non-hydrogen) atoms. The highest BCUT2D eigenvalue weighted by atomic mass is 16.5. The molecule has 16 N–H and O–H groups in total. The van der Waals surface area contributed by atoms with Gasteiger partial charge in [0.15, 0.2) is 5.78 Å². The molecule has 0 unspecified atom stereocenters. The van der Waals surface area contributed by atoms with Crippen molar-refractivity contribution in [2.24, 2.45) is 28.9 Å². The largest absolute Gasteiger partial charge is 0.481 e. The summed E-state index contributed by atoms with van der Waals surface area (Å²) in [5.74, 6) is -16.3. The molecule has 6 amide bonds. The van der Waals surface area contributed by atoms with Crippen LogP contribution in [0.1, 0.15) is 308 Å². The number of hydrogen-bond donors (Lipinski definition) is 15. The molecular formula is C88H145N9O29. The zero-order valence-electron chi connectivity index (χ0n) is 74.1. The summed E-state index contributed by atoms with van der Waals surface area (Å²) in [6.45, 7) is 3.26. The van der Waals surface area contributed by atoms with Crippen LogP contribution in [0.15, 0.2) is 12.5 Å². The van der Waals surface area contributed by atoms with Crippen LogP contribution < -0.4 is 37.6 Å². The van der Waals surface area contributed by atoms with E-state index in [1.165, 1.54) is 12.5 Å². The lowest BCUT2D eigenvalue weighted by Gasteiger charge is -2.25. The van der Waals surface area contributed by atoms with Crippen molar-refractivity contribution in [3.63, 3.8) is 0 Å². The standard InChI is InChI=1S/C88H145N9O29/c1-88(2,57-73(101)69(89)56-65-58-90-61-94-65)74(102)42-35-62(28-23-25-45-91-78(106)60-126-53-51-124-49-47-93-75(103)43-36-63(83(113)114)55-68(100)39-41-72(87(121)122)95-76(104)32-20-16-12-8-4-6-10-14-18-22-34-81(110)111)82(112)97-70(85(117)118)31-24-26-46-92-79(107)59-125-52-50-123-48-27-30-66(98)38-40-71(86(119)120)96-77(105)44-37-64(84(115)116)54-67(99)29-19-15-11-7-3-5-9-13-17-21-33-80(108)109/h58,61-64,69-72H,3-57,59-60,89H2,1-2H3,(H,90,94)(H,91,106)(H,92,107)(H,93,103)(H,95,104)(H,96,105)(H,97,112)(H,108,109)(H,110,111)(H,113,114)(H,115,116)(H,117,118)(H,119,120)(H,121,122)/t62-,63-,64-,69+,70+,71+,72+/m1/s1. The number of aromatic nitrogens is 2. The molecule has 1 heterocycles. The number of carboxylic acids is 7. The number of unbranched alkanes of at least 4 members (excludes halogenated alkanes) is 20. The maximum Gasteiger partial charge on any atom is 0.326 e. The predicted octanol–water partition coefficient (Wildman–Crippen LogP) is 8.02. The minimum atomic E-state index is -1.40. The number of carbonyl (C=O) groups excluding carboxylic acids is 11. The van der Waals surface area contributed by atoms with Crippen molar-refractivity contribution >= 4 is 106 Å². The van der Waals surface area contributed by atoms with Gasteiger partial charge < -0.3 is 97.3 Å². The molecular weight excluding hydrogens is 1650 g/mol. The van der Waals surface area contributed by atoms with E-state index < -0.39 is 137 Å². The Kier molecular flexibility index (Phi) is 65.0. The number of nitrogens with zero attached hydrogens (tertiary/aromatic N) is 1. The number of Topliss-reactive ketones (excluding diaryl/α,β-unsaturated/α-hetero) is 5. The molecule has 0 saturated carbocycles. The van der Waals surface area contributed by atoms with Gasteiger partial charge >= 0.3 is 41.8 Å². The predicted molar refractivity (Wildman–Crippen MR) is 459 cm³/mol. The van der Waals surface area contributed by atoms with E-state index in [-0.39, 0.29) is 237 Å². The first kappa shape index (κ1) is 114. The van der Waals surface area contributed by atoms with Gasteiger partial charge in [-0.2, -0.15) is 0 Å². The second-order valence-corrected chi connectivity index (χ2v) is 33.0. The Morgan fingerprint density at radius 2 is 0.762 bits per heavy atom. The Hall–Kier alpha value is -9.53. The summed E-state index contributed by atoms with van der Waals surface area (Å²) >= 11 is 0. The number of amides is 6. The Bertz CT molecular complexity index is 3430.